The van der Waals surface area contributed by atoms with Gasteiger partial charge in [0.05, 0.1) is 19.5 Å². The minimum absolute atomic E-state index is 0.119. The fourth-order valence-corrected chi connectivity index (χ4v) is 5.10. The molecule has 3 rings (SSSR count). The lowest BCUT2D eigenvalue weighted by Gasteiger charge is -2.42. The highest BCUT2D eigenvalue weighted by atomic mass is 32.2. The summed E-state index contributed by atoms with van der Waals surface area (Å²) >= 11 is 0. The zero-order valence-corrected chi connectivity index (χ0v) is 16.0. The van der Waals surface area contributed by atoms with Crippen molar-refractivity contribution in [2.75, 3.05) is 13.7 Å². The number of hydrogen-bond acceptors (Lipinski definition) is 5. The van der Waals surface area contributed by atoms with E-state index in [4.69, 9.17) is 10.5 Å². The van der Waals surface area contributed by atoms with Crippen LogP contribution in [0.2, 0.25) is 0 Å². The molecule has 2 atom stereocenters. The highest BCUT2D eigenvalue weighted by Crippen LogP contribution is 2.34. The molecule has 0 spiro atoms. The van der Waals surface area contributed by atoms with E-state index < -0.39 is 15.6 Å². The van der Waals surface area contributed by atoms with Gasteiger partial charge in [-0.15, -0.1) is 0 Å². The van der Waals surface area contributed by atoms with E-state index in [2.05, 4.69) is 16.7 Å². The summed E-state index contributed by atoms with van der Waals surface area (Å²) in [6.07, 6.45) is 6.66. The molecule has 1 saturated carbocycles. The molecule has 1 aliphatic carbocycles. The zero-order chi connectivity index (χ0) is 18.8. The normalized spacial score (nSPS) is 23.7. The minimum Gasteiger partial charge on any atom is -0.494 e. The molecule has 1 aromatic carbocycles. The number of hydrogen-bond donors (Lipinski definition) is 2. The first-order chi connectivity index (χ1) is 12.4. The third-order valence-electron chi connectivity index (χ3n) is 5.36. The number of nitrogens with two attached hydrogens (primary N) is 1. The summed E-state index contributed by atoms with van der Waals surface area (Å²) in [5.74, 6) is 0.812. The molecule has 26 heavy (non-hydrogen) atoms. The van der Waals surface area contributed by atoms with Gasteiger partial charge in [0, 0.05) is 12.1 Å². The lowest BCUT2D eigenvalue weighted by Crippen LogP contribution is -2.58. The molecule has 2 aromatic rings. The quantitative estimate of drug-likeness (QED) is 0.802. The molecule has 7 nitrogen and oxygen atoms in total. The molecule has 1 aromatic heterocycles. The van der Waals surface area contributed by atoms with E-state index in [9.17, 15) is 8.42 Å². The maximum absolute atomic E-state index is 13.0. The second-order valence-corrected chi connectivity index (χ2v) is 8.59. The van der Waals surface area contributed by atoms with Crippen LogP contribution >= 0.6 is 0 Å². The van der Waals surface area contributed by atoms with Gasteiger partial charge >= 0.3 is 0 Å². The van der Waals surface area contributed by atoms with Gasteiger partial charge in [0.2, 0.25) is 10.0 Å². The highest BCUT2D eigenvalue weighted by Gasteiger charge is 2.40. The van der Waals surface area contributed by atoms with Crippen molar-refractivity contribution in [1.29, 1.82) is 0 Å². The van der Waals surface area contributed by atoms with Crippen LogP contribution in [0.4, 0.5) is 0 Å². The van der Waals surface area contributed by atoms with Crippen LogP contribution in [0, 0.1) is 5.92 Å². The largest absolute Gasteiger partial charge is 0.494 e. The van der Waals surface area contributed by atoms with E-state index >= 15 is 0 Å². The Kier molecular flexibility index (Phi) is 5.36. The Labute approximate surface area is 154 Å². The van der Waals surface area contributed by atoms with E-state index in [0.717, 1.165) is 25.7 Å². The molecule has 0 radical (unpaired) electrons. The predicted octanol–water partition coefficient (Wildman–Crippen LogP) is 2.07. The molecule has 0 saturated heterocycles. The monoisotopic (exact) mass is 378 g/mol. The van der Waals surface area contributed by atoms with Gasteiger partial charge in [-0.25, -0.2) is 17.8 Å². The van der Waals surface area contributed by atoms with Crippen LogP contribution in [-0.2, 0) is 10.0 Å². The Hall–Kier alpha value is -1.90. The molecule has 3 N–H and O–H groups in total. The molecule has 1 heterocycles. The first-order valence-corrected chi connectivity index (χ1v) is 10.3. The first-order valence-electron chi connectivity index (χ1n) is 8.84. The van der Waals surface area contributed by atoms with Crippen molar-refractivity contribution in [3.8, 4) is 11.4 Å². The second kappa shape index (κ2) is 7.38. The lowest BCUT2D eigenvalue weighted by atomic mass is 9.74. The summed E-state index contributed by atoms with van der Waals surface area (Å²) in [6, 6.07) is 7.32. The predicted molar refractivity (Wildman–Crippen MR) is 99.9 cm³/mol. The van der Waals surface area contributed by atoms with Gasteiger partial charge in [-0.2, -0.15) is 5.10 Å². The number of ether oxygens (including phenoxy) is 1. The average molecular weight is 378 g/mol. The molecule has 1 fully saturated rings. The topological polar surface area (TPSA) is 99.2 Å². The number of methoxy groups -OCH3 is 1. The van der Waals surface area contributed by atoms with Gasteiger partial charge < -0.3 is 10.5 Å². The number of rotatable bonds is 6. The standard InChI is InChI=1S/C18H26N4O3S/c1-14-7-5-6-10-18(14,13-19)21-26(23,24)15-11-20-22(12-15)16-8-3-4-9-17(16)25-2/h3-4,8-9,11-12,14,21H,5-7,10,13,19H2,1-2H3. The van der Waals surface area contributed by atoms with E-state index in [1.165, 1.54) is 17.1 Å². The van der Waals surface area contributed by atoms with Crippen LogP contribution < -0.4 is 15.2 Å². The fraction of sp³-hybridized carbons (Fsp3) is 0.500. The van der Waals surface area contributed by atoms with Crippen LogP contribution in [-0.4, -0.2) is 37.4 Å². The summed E-state index contributed by atoms with van der Waals surface area (Å²) in [5.41, 5.74) is 6.07. The summed E-state index contributed by atoms with van der Waals surface area (Å²) in [4.78, 5) is 0.119. The van der Waals surface area contributed by atoms with Crippen molar-refractivity contribution in [1.82, 2.24) is 14.5 Å². The summed E-state index contributed by atoms with van der Waals surface area (Å²) in [6.45, 7) is 2.35. The van der Waals surface area contributed by atoms with Gasteiger partial charge in [-0.1, -0.05) is 31.9 Å². The lowest BCUT2D eigenvalue weighted by molar-refractivity contribution is 0.191. The molecule has 142 valence electrons. The molecular weight excluding hydrogens is 352 g/mol. The Morgan fingerprint density at radius 1 is 1.38 bits per heavy atom. The summed E-state index contributed by atoms with van der Waals surface area (Å²) in [5, 5.41) is 4.21. The molecule has 0 bridgehead atoms. The Morgan fingerprint density at radius 2 is 2.15 bits per heavy atom. The maximum atomic E-state index is 13.0. The number of sulfonamides is 1. The molecule has 1 aliphatic rings. The molecule has 0 amide bonds. The third-order valence-corrected chi connectivity index (χ3v) is 6.86. The first kappa shape index (κ1) is 18.9. The van der Waals surface area contributed by atoms with Crippen LogP contribution in [0.1, 0.15) is 32.6 Å². The van der Waals surface area contributed by atoms with Gasteiger partial charge in [0.15, 0.2) is 0 Å². The van der Waals surface area contributed by atoms with Crippen LogP contribution in [0.5, 0.6) is 5.75 Å². The average Bonchev–Trinajstić information content (AvgIpc) is 3.14. The highest BCUT2D eigenvalue weighted by molar-refractivity contribution is 7.89. The Balaban J connectivity index is 1.90. The summed E-state index contributed by atoms with van der Waals surface area (Å²) < 4.78 is 35.6. The van der Waals surface area contributed by atoms with Gasteiger partial charge in [0.25, 0.3) is 0 Å². The van der Waals surface area contributed by atoms with Gasteiger partial charge in [0.1, 0.15) is 16.3 Å². The number of nitrogens with one attached hydrogen (secondary N) is 1. The van der Waals surface area contributed by atoms with E-state index in [1.54, 1.807) is 13.2 Å². The van der Waals surface area contributed by atoms with Crippen molar-refractivity contribution >= 4 is 10.0 Å². The van der Waals surface area contributed by atoms with Crippen LogP contribution in [0.3, 0.4) is 0 Å². The Bertz CT molecular complexity index is 865. The molecule has 2 unspecified atom stereocenters. The molecular formula is C18H26N4O3S. The number of aromatic nitrogens is 2. The minimum atomic E-state index is -3.72. The number of para-hydroxylation sites is 2. The van der Waals surface area contributed by atoms with Crippen LogP contribution in [0.25, 0.3) is 5.69 Å². The van der Waals surface area contributed by atoms with E-state index in [0.29, 0.717) is 11.4 Å². The van der Waals surface area contributed by atoms with Crippen molar-refractivity contribution in [3.05, 3.63) is 36.7 Å². The van der Waals surface area contributed by atoms with Crippen molar-refractivity contribution < 1.29 is 13.2 Å². The maximum Gasteiger partial charge on any atom is 0.244 e. The van der Waals surface area contributed by atoms with Crippen molar-refractivity contribution in [2.24, 2.45) is 11.7 Å². The van der Waals surface area contributed by atoms with Gasteiger partial charge in [-0.3, -0.25) is 0 Å². The zero-order valence-electron chi connectivity index (χ0n) is 15.2. The smallest absolute Gasteiger partial charge is 0.244 e. The number of nitrogens with zero attached hydrogens (tertiary/aromatic N) is 2. The third kappa shape index (κ3) is 3.49. The molecule has 0 aliphatic heterocycles. The summed E-state index contributed by atoms with van der Waals surface area (Å²) in [7, 11) is -2.16. The van der Waals surface area contributed by atoms with E-state index in [-0.39, 0.29) is 17.4 Å². The van der Waals surface area contributed by atoms with Gasteiger partial charge in [-0.05, 0) is 30.9 Å². The van der Waals surface area contributed by atoms with E-state index in [1.807, 2.05) is 18.2 Å². The van der Waals surface area contributed by atoms with Crippen molar-refractivity contribution in [2.45, 2.75) is 43.0 Å². The number of benzene rings is 1. The van der Waals surface area contributed by atoms with Crippen LogP contribution in [0.15, 0.2) is 41.6 Å². The molecule has 8 heteroatoms. The second-order valence-electron chi connectivity index (χ2n) is 6.91. The SMILES string of the molecule is COc1ccccc1-n1cc(S(=O)(=O)NC2(CN)CCCCC2C)cn1. The Morgan fingerprint density at radius 3 is 2.85 bits per heavy atom. The van der Waals surface area contributed by atoms with Crippen molar-refractivity contribution in [3.63, 3.8) is 0 Å². The fourth-order valence-electron chi connectivity index (χ4n) is 3.63.